The van der Waals surface area contributed by atoms with Crippen molar-refractivity contribution in [1.29, 1.82) is 0 Å². The Balaban J connectivity index is 3.09. The molecule has 0 saturated carbocycles. The standard InChI is InChI=1S/C18H28O/c1-14-8-7-12-18(5,6)16(14)10-9-15(11-13-19)17(2,3)4/h9-11,13H,7-8,12H2,1-6H3/b10-9+,15-11+. The van der Waals surface area contributed by atoms with Crippen molar-refractivity contribution in [2.75, 3.05) is 0 Å². The summed E-state index contributed by atoms with van der Waals surface area (Å²) in [4.78, 5) is 10.8. The van der Waals surface area contributed by atoms with Gasteiger partial charge in [0.15, 0.2) is 0 Å². The number of aldehydes is 1. The molecule has 0 unspecified atom stereocenters. The summed E-state index contributed by atoms with van der Waals surface area (Å²) in [6.07, 6.45) is 10.7. The maximum absolute atomic E-state index is 10.8. The minimum absolute atomic E-state index is 0.00465. The molecular weight excluding hydrogens is 232 g/mol. The van der Waals surface area contributed by atoms with Gasteiger partial charge in [0.05, 0.1) is 0 Å². The van der Waals surface area contributed by atoms with Crippen molar-refractivity contribution in [1.82, 2.24) is 0 Å². The van der Waals surface area contributed by atoms with Crippen LogP contribution in [0.4, 0.5) is 0 Å². The van der Waals surface area contributed by atoms with Crippen molar-refractivity contribution >= 4 is 6.29 Å². The van der Waals surface area contributed by atoms with Gasteiger partial charge in [-0.05, 0) is 54.2 Å². The first-order chi connectivity index (χ1) is 8.68. The predicted octanol–water partition coefficient (Wildman–Crippen LogP) is 5.24. The lowest BCUT2D eigenvalue weighted by atomic mass is 9.72. The third-order valence-electron chi connectivity index (χ3n) is 4.09. The highest BCUT2D eigenvalue weighted by molar-refractivity contribution is 5.68. The van der Waals surface area contributed by atoms with Gasteiger partial charge in [-0.3, -0.25) is 4.79 Å². The molecule has 0 bridgehead atoms. The van der Waals surface area contributed by atoms with Crippen LogP contribution in [0.3, 0.4) is 0 Å². The first kappa shape index (κ1) is 15.9. The molecule has 0 N–H and O–H groups in total. The Hall–Kier alpha value is -1.11. The van der Waals surface area contributed by atoms with Gasteiger partial charge in [0.2, 0.25) is 0 Å². The second-order valence-electron chi connectivity index (χ2n) is 7.27. The van der Waals surface area contributed by atoms with Gasteiger partial charge >= 0.3 is 0 Å². The molecule has 0 aromatic heterocycles. The predicted molar refractivity (Wildman–Crippen MR) is 83.1 cm³/mol. The van der Waals surface area contributed by atoms with Crippen molar-refractivity contribution in [3.63, 3.8) is 0 Å². The maximum atomic E-state index is 10.8. The van der Waals surface area contributed by atoms with Crippen molar-refractivity contribution in [3.05, 3.63) is 34.9 Å². The number of hydrogen-bond donors (Lipinski definition) is 0. The summed E-state index contributed by atoms with van der Waals surface area (Å²) in [6.45, 7) is 13.3. The van der Waals surface area contributed by atoms with Crippen LogP contribution < -0.4 is 0 Å². The Kier molecular flexibility index (Phi) is 4.95. The zero-order valence-electron chi connectivity index (χ0n) is 13.3. The Morgan fingerprint density at radius 2 is 1.89 bits per heavy atom. The van der Waals surface area contributed by atoms with Crippen LogP contribution in [0.5, 0.6) is 0 Å². The van der Waals surface area contributed by atoms with E-state index in [9.17, 15) is 4.79 Å². The summed E-state index contributed by atoms with van der Waals surface area (Å²) in [6, 6.07) is 0. The van der Waals surface area contributed by atoms with Crippen molar-refractivity contribution < 1.29 is 4.79 Å². The van der Waals surface area contributed by atoms with E-state index in [4.69, 9.17) is 0 Å². The molecule has 106 valence electrons. The topological polar surface area (TPSA) is 17.1 Å². The van der Waals surface area contributed by atoms with Crippen LogP contribution in [0, 0.1) is 10.8 Å². The van der Waals surface area contributed by atoms with Gasteiger partial charge in [0.25, 0.3) is 0 Å². The second kappa shape index (κ2) is 5.90. The van der Waals surface area contributed by atoms with E-state index >= 15 is 0 Å². The minimum Gasteiger partial charge on any atom is -0.299 e. The second-order valence-corrected chi connectivity index (χ2v) is 7.27. The highest BCUT2D eigenvalue weighted by Gasteiger charge is 2.26. The van der Waals surface area contributed by atoms with Crippen LogP contribution >= 0.6 is 0 Å². The molecule has 0 aromatic carbocycles. The first-order valence-corrected chi connectivity index (χ1v) is 7.23. The average molecular weight is 260 g/mol. The molecule has 0 amide bonds. The molecule has 0 atom stereocenters. The minimum atomic E-state index is 0.00465. The number of carbonyl (C=O) groups is 1. The Bertz CT molecular complexity index is 425. The summed E-state index contributed by atoms with van der Waals surface area (Å²) in [5.74, 6) is 0. The molecule has 19 heavy (non-hydrogen) atoms. The van der Waals surface area contributed by atoms with E-state index in [-0.39, 0.29) is 10.8 Å². The van der Waals surface area contributed by atoms with Gasteiger partial charge in [-0.1, -0.05) is 52.3 Å². The summed E-state index contributed by atoms with van der Waals surface area (Å²) in [5, 5.41) is 0. The van der Waals surface area contributed by atoms with E-state index in [1.807, 2.05) is 0 Å². The lowest BCUT2D eigenvalue weighted by Gasteiger charge is -2.33. The smallest absolute Gasteiger partial charge is 0.143 e. The summed E-state index contributed by atoms with van der Waals surface area (Å²) < 4.78 is 0. The van der Waals surface area contributed by atoms with E-state index in [1.165, 1.54) is 30.4 Å². The molecule has 1 aliphatic rings. The Morgan fingerprint density at radius 1 is 1.26 bits per heavy atom. The maximum Gasteiger partial charge on any atom is 0.143 e. The fourth-order valence-electron chi connectivity index (χ4n) is 2.81. The van der Waals surface area contributed by atoms with Gasteiger partial charge in [-0.15, -0.1) is 0 Å². The molecule has 0 spiro atoms. The van der Waals surface area contributed by atoms with Gasteiger partial charge in [-0.2, -0.15) is 0 Å². The van der Waals surface area contributed by atoms with Gasteiger partial charge in [-0.25, -0.2) is 0 Å². The SMILES string of the molecule is CC1=C(/C=C/C(=C\C=O)C(C)(C)C)C(C)(C)CCC1. The average Bonchev–Trinajstić information content (AvgIpc) is 2.24. The molecule has 0 saturated heterocycles. The molecule has 0 radical (unpaired) electrons. The third-order valence-corrected chi connectivity index (χ3v) is 4.09. The van der Waals surface area contributed by atoms with Crippen LogP contribution in [0.25, 0.3) is 0 Å². The molecule has 1 heteroatoms. The molecule has 0 fully saturated rings. The zero-order valence-corrected chi connectivity index (χ0v) is 13.3. The van der Waals surface area contributed by atoms with Gasteiger partial charge in [0.1, 0.15) is 6.29 Å². The molecule has 0 heterocycles. The Labute approximate surface area is 118 Å². The fourth-order valence-corrected chi connectivity index (χ4v) is 2.81. The molecule has 0 aromatic rings. The van der Waals surface area contributed by atoms with E-state index in [0.717, 1.165) is 11.9 Å². The largest absolute Gasteiger partial charge is 0.299 e. The highest BCUT2D eigenvalue weighted by Crippen LogP contribution is 2.41. The number of rotatable bonds is 3. The zero-order chi connectivity index (χ0) is 14.7. The lowest BCUT2D eigenvalue weighted by molar-refractivity contribution is -0.104. The van der Waals surface area contributed by atoms with Crippen LogP contribution in [-0.4, -0.2) is 6.29 Å². The van der Waals surface area contributed by atoms with Gasteiger partial charge < -0.3 is 0 Å². The van der Waals surface area contributed by atoms with E-state index in [1.54, 1.807) is 6.08 Å². The lowest BCUT2D eigenvalue weighted by Crippen LogP contribution is -2.19. The summed E-state index contributed by atoms with van der Waals surface area (Å²) in [5.41, 5.74) is 4.28. The first-order valence-electron chi connectivity index (χ1n) is 7.23. The normalized spacial score (nSPS) is 21.1. The van der Waals surface area contributed by atoms with E-state index in [0.29, 0.717) is 0 Å². The molecule has 1 rings (SSSR count). The monoisotopic (exact) mass is 260 g/mol. The van der Waals surface area contributed by atoms with Crippen LogP contribution in [0.2, 0.25) is 0 Å². The van der Waals surface area contributed by atoms with Crippen LogP contribution in [0.1, 0.15) is 60.8 Å². The quantitative estimate of drug-likeness (QED) is 0.385. The highest BCUT2D eigenvalue weighted by atomic mass is 16.1. The number of hydrogen-bond acceptors (Lipinski definition) is 1. The van der Waals surface area contributed by atoms with E-state index in [2.05, 4.69) is 53.7 Å². The molecule has 1 aliphatic carbocycles. The van der Waals surface area contributed by atoms with Crippen LogP contribution in [-0.2, 0) is 4.79 Å². The fraction of sp³-hybridized carbons (Fsp3) is 0.611. The third kappa shape index (κ3) is 4.19. The molecule has 0 aliphatic heterocycles. The van der Waals surface area contributed by atoms with E-state index < -0.39 is 0 Å². The van der Waals surface area contributed by atoms with Crippen molar-refractivity contribution in [3.8, 4) is 0 Å². The van der Waals surface area contributed by atoms with Crippen molar-refractivity contribution in [2.45, 2.75) is 60.8 Å². The summed E-state index contributed by atoms with van der Waals surface area (Å²) >= 11 is 0. The van der Waals surface area contributed by atoms with Crippen LogP contribution in [0.15, 0.2) is 34.9 Å². The summed E-state index contributed by atoms with van der Waals surface area (Å²) in [7, 11) is 0. The van der Waals surface area contributed by atoms with Gasteiger partial charge in [0, 0.05) is 0 Å². The number of allylic oxidation sites excluding steroid dienone is 6. The Morgan fingerprint density at radius 3 is 2.37 bits per heavy atom. The van der Waals surface area contributed by atoms with Crippen molar-refractivity contribution in [2.24, 2.45) is 10.8 Å². The molecule has 1 nitrogen and oxygen atoms in total. The molecular formula is C18H28O. The number of carbonyl (C=O) groups excluding carboxylic acids is 1.